The lowest BCUT2D eigenvalue weighted by molar-refractivity contribution is -0.364. The van der Waals surface area contributed by atoms with E-state index in [-0.39, 0.29) is 0 Å². The average molecular weight is 320 g/mol. The van der Waals surface area contributed by atoms with E-state index >= 15 is 0 Å². The van der Waals surface area contributed by atoms with Gasteiger partial charge in [-0.2, -0.15) is 0 Å². The number of carbonyl (C=O) groups excluding carboxylic acids is 3. The van der Waals surface area contributed by atoms with E-state index in [2.05, 4.69) is 0 Å². The predicted molar refractivity (Wildman–Crippen MR) is 69.6 cm³/mol. The molecule has 9 heteroatoms. The standard InChI is InChI=1S/C13H20O9/c1-6(15)12(21-8(3)17)11(19)10(18)9(5-14)22-13(12,20-4)7(2)16/h9-11,14,18-19H,5H2,1-4H3/t9-,10-,11+,12-,13?/m1/s1. The molecule has 1 rings (SSSR count). The number of hydrogen-bond donors (Lipinski definition) is 3. The van der Waals surface area contributed by atoms with E-state index < -0.39 is 53.8 Å². The molecule has 5 atom stereocenters. The third kappa shape index (κ3) is 2.44. The minimum atomic E-state index is -2.59. The highest BCUT2D eigenvalue weighted by molar-refractivity contribution is 5.98. The lowest BCUT2D eigenvalue weighted by Gasteiger charge is -2.53. The molecule has 9 nitrogen and oxygen atoms in total. The zero-order chi connectivity index (χ0) is 17.3. The largest absolute Gasteiger partial charge is 0.442 e. The molecule has 0 radical (unpaired) electrons. The van der Waals surface area contributed by atoms with Crippen LogP contribution in [-0.2, 0) is 28.6 Å². The second-order valence-corrected chi connectivity index (χ2v) is 5.04. The van der Waals surface area contributed by atoms with Crippen LogP contribution in [0.25, 0.3) is 0 Å². The van der Waals surface area contributed by atoms with Crippen molar-refractivity contribution < 1.29 is 43.9 Å². The van der Waals surface area contributed by atoms with E-state index in [4.69, 9.17) is 14.2 Å². The lowest BCUT2D eigenvalue weighted by Crippen LogP contribution is -2.79. The number of ketones is 2. The van der Waals surface area contributed by atoms with Crippen LogP contribution in [0.1, 0.15) is 20.8 Å². The average Bonchev–Trinajstić information content (AvgIpc) is 2.43. The maximum absolute atomic E-state index is 12.2. The molecule has 1 aliphatic rings. The van der Waals surface area contributed by atoms with Gasteiger partial charge < -0.3 is 29.5 Å². The number of ether oxygens (including phenoxy) is 3. The van der Waals surface area contributed by atoms with Crippen molar-refractivity contribution in [3.05, 3.63) is 0 Å². The highest BCUT2D eigenvalue weighted by atomic mass is 16.7. The number of rotatable bonds is 5. The Morgan fingerprint density at radius 1 is 1.14 bits per heavy atom. The molecule has 0 bridgehead atoms. The number of esters is 1. The summed E-state index contributed by atoms with van der Waals surface area (Å²) in [6, 6.07) is 0. The van der Waals surface area contributed by atoms with Crippen LogP contribution in [0.15, 0.2) is 0 Å². The van der Waals surface area contributed by atoms with E-state index in [1.807, 2.05) is 0 Å². The molecule has 1 saturated heterocycles. The highest BCUT2D eigenvalue weighted by Gasteiger charge is 2.73. The van der Waals surface area contributed by atoms with Gasteiger partial charge in [0.15, 0.2) is 11.6 Å². The molecular weight excluding hydrogens is 300 g/mol. The minimum Gasteiger partial charge on any atom is -0.442 e. The van der Waals surface area contributed by atoms with Crippen molar-refractivity contribution in [2.45, 2.75) is 50.5 Å². The summed E-state index contributed by atoms with van der Waals surface area (Å²) in [5, 5.41) is 29.6. The molecule has 1 unspecified atom stereocenters. The van der Waals surface area contributed by atoms with Crippen molar-refractivity contribution in [2.75, 3.05) is 13.7 Å². The van der Waals surface area contributed by atoms with Crippen LogP contribution in [-0.4, -0.2) is 76.3 Å². The zero-order valence-electron chi connectivity index (χ0n) is 12.7. The van der Waals surface area contributed by atoms with Crippen LogP contribution >= 0.6 is 0 Å². The summed E-state index contributed by atoms with van der Waals surface area (Å²) < 4.78 is 15.2. The van der Waals surface area contributed by atoms with Crippen molar-refractivity contribution >= 4 is 17.5 Å². The second kappa shape index (κ2) is 6.39. The molecule has 1 heterocycles. The first-order valence-electron chi connectivity index (χ1n) is 6.52. The van der Waals surface area contributed by atoms with E-state index in [1.165, 1.54) is 0 Å². The van der Waals surface area contributed by atoms with Gasteiger partial charge in [0.1, 0.15) is 18.3 Å². The first kappa shape index (κ1) is 18.7. The zero-order valence-corrected chi connectivity index (χ0v) is 12.7. The van der Waals surface area contributed by atoms with Crippen LogP contribution in [0.5, 0.6) is 0 Å². The summed E-state index contributed by atoms with van der Waals surface area (Å²) in [6.07, 6.45) is -5.23. The fourth-order valence-electron chi connectivity index (χ4n) is 2.71. The molecule has 1 fully saturated rings. The number of methoxy groups -OCH3 is 1. The third-order valence-electron chi connectivity index (χ3n) is 3.69. The van der Waals surface area contributed by atoms with E-state index in [0.29, 0.717) is 0 Å². The summed E-state index contributed by atoms with van der Waals surface area (Å²) in [5.41, 5.74) is -2.59. The van der Waals surface area contributed by atoms with Gasteiger partial charge in [-0.05, 0) is 6.92 Å². The topological polar surface area (TPSA) is 140 Å². The number of hydrogen-bond acceptors (Lipinski definition) is 9. The summed E-state index contributed by atoms with van der Waals surface area (Å²) in [4.78, 5) is 35.7. The van der Waals surface area contributed by atoms with Gasteiger partial charge >= 0.3 is 5.97 Å². The molecule has 3 N–H and O–H groups in total. The quantitative estimate of drug-likeness (QED) is 0.487. The van der Waals surface area contributed by atoms with Gasteiger partial charge in [0, 0.05) is 21.0 Å². The fraction of sp³-hybridized carbons (Fsp3) is 0.769. The molecular formula is C13H20O9. The third-order valence-corrected chi connectivity index (χ3v) is 3.69. The highest BCUT2D eigenvalue weighted by Crippen LogP contribution is 2.43. The van der Waals surface area contributed by atoms with Crippen LogP contribution in [0.2, 0.25) is 0 Å². The molecule has 0 aromatic heterocycles. The Balaban J connectivity index is 3.65. The van der Waals surface area contributed by atoms with Gasteiger partial charge in [-0.25, -0.2) is 0 Å². The second-order valence-electron chi connectivity index (χ2n) is 5.04. The summed E-state index contributed by atoms with van der Waals surface area (Å²) >= 11 is 0. The Morgan fingerprint density at radius 2 is 1.68 bits per heavy atom. The molecule has 0 aliphatic carbocycles. The van der Waals surface area contributed by atoms with Crippen LogP contribution in [0.4, 0.5) is 0 Å². The Bertz CT molecular complexity index is 476. The van der Waals surface area contributed by atoms with Crippen LogP contribution < -0.4 is 0 Å². The lowest BCUT2D eigenvalue weighted by atomic mass is 9.75. The van der Waals surface area contributed by atoms with Gasteiger partial charge in [-0.1, -0.05) is 0 Å². The Kier molecular flexibility index (Phi) is 5.42. The Labute approximate surface area is 126 Å². The number of carbonyl (C=O) groups is 3. The maximum atomic E-state index is 12.2. The molecule has 126 valence electrons. The van der Waals surface area contributed by atoms with Crippen molar-refractivity contribution in [3.63, 3.8) is 0 Å². The van der Waals surface area contributed by atoms with Crippen molar-refractivity contribution in [2.24, 2.45) is 0 Å². The molecule has 0 amide bonds. The van der Waals surface area contributed by atoms with Gasteiger partial charge in [0.25, 0.3) is 11.4 Å². The first-order valence-corrected chi connectivity index (χ1v) is 6.52. The van der Waals surface area contributed by atoms with Crippen LogP contribution in [0.3, 0.4) is 0 Å². The normalized spacial score (nSPS) is 38.4. The van der Waals surface area contributed by atoms with Gasteiger partial charge in [-0.15, -0.1) is 0 Å². The van der Waals surface area contributed by atoms with Crippen LogP contribution in [0, 0.1) is 0 Å². The van der Waals surface area contributed by atoms with E-state index in [9.17, 15) is 29.7 Å². The van der Waals surface area contributed by atoms with E-state index in [1.54, 1.807) is 0 Å². The Hall–Kier alpha value is -1.39. The predicted octanol–water partition coefficient (Wildman–Crippen LogP) is -2.08. The maximum Gasteiger partial charge on any atom is 0.303 e. The summed E-state index contributed by atoms with van der Waals surface area (Å²) in [5.74, 6) is -5.31. The summed E-state index contributed by atoms with van der Waals surface area (Å²) in [6.45, 7) is 2.16. The van der Waals surface area contributed by atoms with Gasteiger partial charge in [0.05, 0.1) is 6.61 Å². The number of aliphatic hydroxyl groups is 3. The SMILES string of the molecule is COC1(C(C)=O)O[C@H](CO)[C@@H](O)[C@H](O)[C@]1(OC(C)=O)C(C)=O. The smallest absolute Gasteiger partial charge is 0.303 e. The molecule has 0 aromatic carbocycles. The molecule has 0 saturated carbocycles. The molecule has 1 aliphatic heterocycles. The number of aliphatic hydroxyl groups excluding tert-OH is 3. The van der Waals surface area contributed by atoms with Crippen molar-refractivity contribution in [1.82, 2.24) is 0 Å². The summed E-state index contributed by atoms with van der Waals surface area (Å²) in [7, 11) is 1.02. The van der Waals surface area contributed by atoms with Crippen molar-refractivity contribution in [3.8, 4) is 0 Å². The minimum absolute atomic E-state index is 0.759. The first-order chi connectivity index (χ1) is 10.1. The number of Topliss-reactive ketones (excluding diaryl/α,β-unsaturated/α-hetero) is 2. The fourth-order valence-corrected chi connectivity index (χ4v) is 2.71. The van der Waals surface area contributed by atoms with E-state index in [0.717, 1.165) is 27.9 Å². The molecule has 0 spiro atoms. The Morgan fingerprint density at radius 3 is 2.00 bits per heavy atom. The monoisotopic (exact) mass is 320 g/mol. The van der Waals surface area contributed by atoms with Crippen molar-refractivity contribution in [1.29, 1.82) is 0 Å². The van der Waals surface area contributed by atoms with Gasteiger partial charge in [0.2, 0.25) is 0 Å². The molecule has 0 aromatic rings. The molecule has 22 heavy (non-hydrogen) atoms. The van der Waals surface area contributed by atoms with Gasteiger partial charge in [-0.3, -0.25) is 14.4 Å².